The molecule has 26 nitrogen and oxygen atoms in total. The average molecular weight is 1090 g/mol. The molecule has 0 unspecified atom stereocenters. The molecule has 382 valence electrons. The standard InChI is InChI=1S/C44H36N10O16S4/c1-22-13-32(37(70-3)21-31(22)51-53-34-19-28(72(60,61)62)15-24-16-29(73(63,64)65)20-35(55)39(24)34)47-44-49-42(45-25-7-5-4-6-8-25)48-43(50-44)46-26-9-11-30-23(14-26)17-38(74(66,67)68)40(41(30)56)54-52-33-18-27(71(57,58)59)10-12-36(33)69-2/h4-21,52,55H,1-3H3,(H,57,58,59)(H,60,61,62)(H,63,64,65)(H,66,67,68)(H3,45,46,47,48,49,50). The Labute approximate surface area is 419 Å². The van der Waals surface area contributed by atoms with Gasteiger partial charge in [-0.2, -0.15) is 58.8 Å². The maximum absolute atomic E-state index is 13.8. The molecule has 7 aromatic rings. The minimum absolute atomic E-state index is 0.00245. The Morgan fingerprint density at radius 3 is 1.77 bits per heavy atom. The van der Waals surface area contributed by atoms with Crippen molar-refractivity contribution >= 4 is 121 Å². The van der Waals surface area contributed by atoms with Gasteiger partial charge in [0.05, 0.1) is 57.0 Å². The van der Waals surface area contributed by atoms with Gasteiger partial charge in [0.15, 0.2) is 5.71 Å². The molecule has 0 atom stereocenters. The third kappa shape index (κ3) is 11.4. The number of Topliss-reactive ketones (excluding diaryl/α,β-unsaturated/α-hetero) is 1. The lowest BCUT2D eigenvalue weighted by Gasteiger charge is -2.18. The molecular weight excluding hydrogens is 1050 g/mol. The summed E-state index contributed by atoms with van der Waals surface area (Å²) in [5.41, 5.74) is 2.68. The van der Waals surface area contributed by atoms with E-state index in [-0.39, 0.29) is 79.7 Å². The lowest BCUT2D eigenvalue weighted by atomic mass is 9.94. The van der Waals surface area contributed by atoms with Gasteiger partial charge >= 0.3 is 0 Å². The van der Waals surface area contributed by atoms with E-state index in [2.05, 4.69) is 51.7 Å². The number of allylic oxidation sites excluding steroid dienone is 1. The Balaban J connectivity index is 1.12. The fraction of sp³-hybridized carbons (Fsp3) is 0.0682. The number of aromatic hydroxyl groups is 1. The molecule has 0 spiro atoms. The number of hydrazone groups is 1. The van der Waals surface area contributed by atoms with Gasteiger partial charge in [-0.15, -0.1) is 5.11 Å². The number of methoxy groups -OCH3 is 2. The van der Waals surface area contributed by atoms with Crippen LogP contribution < -0.4 is 30.8 Å². The third-order valence-corrected chi connectivity index (χ3v) is 13.9. The fourth-order valence-corrected chi connectivity index (χ4v) is 9.40. The predicted molar refractivity (Wildman–Crippen MR) is 267 cm³/mol. The number of nitrogens with one attached hydrogen (secondary N) is 4. The van der Waals surface area contributed by atoms with Gasteiger partial charge in [0.25, 0.3) is 40.5 Å². The first-order valence-electron chi connectivity index (χ1n) is 20.6. The number of ether oxygens (including phenoxy) is 2. The van der Waals surface area contributed by atoms with Crippen LogP contribution in [0.4, 0.5) is 52.0 Å². The number of ketones is 1. The maximum atomic E-state index is 13.8. The van der Waals surface area contributed by atoms with Crippen molar-refractivity contribution in [2.75, 3.05) is 35.6 Å². The van der Waals surface area contributed by atoms with Crippen molar-refractivity contribution in [3.8, 4) is 17.2 Å². The fourth-order valence-electron chi connectivity index (χ4n) is 7.17. The van der Waals surface area contributed by atoms with Crippen LogP contribution in [0.15, 0.2) is 138 Å². The van der Waals surface area contributed by atoms with E-state index in [1.807, 2.05) is 0 Å². The van der Waals surface area contributed by atoms with Crippen LogP contribution in [-0.4, -0.2) is 97.7 Å². The molecule has 0 bridgehead atoms. The summed E-state index contributed by atoms with van der Waals surface area (Å²) in [6, 6.07) is 22.4. The molecular formula is C44H36N10O16S4. The van der Waals surface area contributed by atoms with Gasteiger partial charge in [-0.1, -0.05) is 18.2 Å². The number of fused-ring (bicyclic) bond motifs is 2. The van der Waals surface area contributed by atoms with Crippen LogP contribution in [0.2, 0.25) is 0 Å². The first-order chi connectivity index (χ1) is 34.8. The van der Waals surface area contributed by atoms with Crippen molar-refractivity contribution in [2.45, 2.75) is 21.6 Å². The van der Waals surface area contributed by atoms with Crippen molar-refractivity contribution in [1.82, 2.24) is 15.0 Å². The van der Waals surface area contributed by atoms with Crippen molar-refractivity contribution < 1.29 is 71.3 Å². The van der Waals surface area contributed by atoms with Gasteiger partial charge in [-0.05, 0) is 102 Å². The van der Waals surface area contributed by atoms with Gasteiger partial charge in [0.2, 0.25) is 23.6 Å². The molecule has 0 amide bonds. The second-order valence-electron chi connectivity index (χ2n) is 15.5. The van der Waals surface area contributed by atoms with Crippen LogP contribution in [0.25, 0.3) is 16.8 Å². The highest BCUT2D eigenvalue weighted by Crippen LogP contribution is 2.41. The molecule has 0 saturated heterocycles. The van der Waals surface area contributed by atoms with Crippen molar-refractivity contribution in [3.63, 3.8) is 0 Å². The van der Waals surface area contributed by atoms with E-state index >= 15 is 0 Å². The summed E-state index contributed by atoms with van der Waals surface area (Å²) in [6.45, 7) is 1.63. The summed E-state index contributed by atoms with van der Waals surface area (Å²) in [5, 5.41) is 31.7. The Kier molecular flexibility index (Phi) is 13.9. The lowest BCUT2D eigenvalue weighted by Crippen LogP contribution is -2.27. The van der Waals surface area contributed by atoms with Gasteiger partial charge < -0.3 is 30.5 Å². The van der Waals surface area contributed by atoms with Crippen LogP contribution in [0.3, 0.4) is 0 Å². The molecule has 1 heterocycles. The minimum Gasteiger partial charge on any atom is -0.507 e. The Bertz CT molecular complexity index is 4040. The van der Waals surface area contributed by atoms with Crippen LogP contribution >= 0.6 is 0 Å². The topological polar surface area (TPSA) is 397 Å². The maximum Gasteiger partial charge on any atom is 0.296 e. The number of rotatable bonds is 16. The quantitative estimate of drug-likeness (QED) is 0.0259. The molecule has 0 radical (unpaired) electrons. The Morgan fingerprint density at radius 2 is 1.16 bits per heavy atom. The number of anilines is 7. The summed E-state index contributed by atoms with van der Waals surface area (Å²) in [5.74, 6) is -1.70. The second-order valence-corrected chi connectivity index (χ2v) is 21.2. The normalized spacial score (nSPS) is 13.6. The zero-order valence-electron chi connectivity index (χ0n) is 37.9. The summed E-state index contributed by atoms with van der Waals surface area (Å²) >= 11 is 0. The molecule has 30 heteroatoms. The molecule has 1 aliphatic rings. The highest BCUT2D eigenvalue weighted by atomic mass is 32.2. The van der Waals surface area contributed by atoms with Gasteiger partial charge in [-0.25, -0.2) is 0 Å². The Hall–Kier alpha value is -8.49. The molecule has 0 saturated carbocycles. The van der Waals surface area contributed by atoms with Gasteiger partial charge in [-0.3, -0.25) is 28.4 Å². The zero-order chi connectivity index (χ0) is 53.5. The number of carbonyl (C=O) groups excluding carboxylic acids is 1. The molecule has 1 aromatic heterocycles. The van der Waals surface area contributed by atoms with Crippen LogP contribution in [-0.2, 0) is 40.5 Å². The summed E-state index contributed by atoms with van der Waals surface area (Å²) in [6.07, 6.45) is 0.981. The number of aromatic nitrogens is 3. The van der Waals surface area contributed by atoms with Crippen molar-refractivity contribution in [2.24, 2.45) is 15.3 Å². The summed E-state index contributed by atoms with van der Waals surface area (Å²) in [7, 11) is -17.0. The number of nitrogens with zero attached hydrogens (tertiary/aromatic N) is 6. The first kappa shape index (κ1) is 51.9. The number of para-hydroxylation sites is 1. The molecule has 74 heavy (non-hydrogen) atoms. The molecule has 8 rings (SSSR count). The highest BCUT2D eigenvalue weighted by Gasteiger charge is 2.33. The van der Waals surface area contributed by atoms with Crippen molar-refractivity contribution in [1.29, 1.82) is 0 Å². The SMILES string of the molecule is COc1ccc(S(=O)(=O)O)cc1NN=C1C(=O)c2ccc(Nc3nc(Nc4ccccc4)nc(Nc4cc(C)c(N=Nc5cc(S(=O)(=O)O)cc6cc(S(=O)(=O)O)cc(O)c56)cc4OC)n3)cc2C=C1S(=O)(=O)O. The number of phenolic OH excluding ortho intramolecular Hbond substituents is 1. The largest absolute Gasteiger partial charge is 0.507 e. The number of azo groups is 1. The van der Waals surface area contributed by atoms with Crippen molar-refractivity contribution in [3.05, 3.63) is 125 Å². The molecule has 6 aromatic carbocycles. The third-order valence-electron chi connectivity index (χ3n) is 10.6. The van der Waals surface area contributed by atoms with E-state index in [0.29, 0.717) is 11.3 Å². The number of phenols is 1. The van der Waals surface area contributed by atoms with E-state index in [4.69, 9.17) is 9.47 Å². The molecule has 0 fully saturated rings. The van der Waals surface area contributed by atoms with Gasteiger partial charge in [0.1, 0.15) is 22.2 Å². The Morgan fingerprint density at radius 1 is 0.568 bits per heavy atom. The minimum atomic E-state index is -5.14. The number of hydrogen-bond donors (Lipinski definition) is 9. The second kappa shape index (κ2) is 19.8. The summed E-state index contributed by atoms with van der Waals surface area (Å²) < 4.78 is 147. The lowest BCUT2D eigenvalue weighted by molar-refractivity contribution is 0.106. The van der Waals surface area contributed by atoms with E-state index in [9.17, 15) is 61.8 Å². The monoisotopic (exact) mass is 1090 g/mol. The van der Waals surface area contributed by atoms with Crippen LogP contribution in [0.1, 0.15) is 21.5 Å². The number of carbonyl (C=O) groups is 1. The zero-order valence-corrected chi connectivity index (χ0v) is 41.2. The molecule has 0 aliphatic heterocycles. The predicted octanol–water partition coefficient (Wildman–Crippen LogP) is 7.34. The van der Waals surface area contributed by atoms with Crippen LogP contribution in [0.5, 0.6) is 17.2 Å². The van der Waals surface area contributed by atoms with E-state index in [1.165, 1.54) is 44.6 Å². The number of aryl methyl sites for hydroxylation is 1. The van der Waals surface area contributed by atoms with E-state index < -0.39 is 77.3 Å². The van der Waals surface area contributed by atoms with E-state index in [1.54, 1.807) is 43.3 Å². The van der Waals surface area contributed by atoms with E-state index in [0.717, 1.165) is 42.5 Å². The first-order valence-corrected chi connectivity index (χ1v) is 26.4. The average Bonchev–Trinajstić information content (AvgIpc) is 3.32. The molecule has 9 N–H and O–H groups in total. The summed E-state index contributed by atoms with van der Waals surface area (Å²) in [4.78, 5) is 24.3. The smallest absolute Gasteiger partial charge is 0.296 e. The van der Waals surface area contributed by atoms with Crippen LogP contribution in [0, 0.1) is 6.92 Å². The number of hydrogen-bond acceptors (Lipinski definition) is 22. The number of benzene rings is 6. The van der Waals surface area contributed by atoms with Gasteiger partial charge in [0, 0.05) is 29.1 Å². The highest BCUT2D eigenvalue weighted by molar-refractivity contribution is 7.91. The molecule has 1 aliphatic carbocycles.